The second-order valence-corrected chi connectivity index (χ2v) is 4.85. The van der Waals surface area contributed by atoms with E-state index in [2.05, 4.69) is 52.3 Å². The molecule has 0 atom stereocenters. The van der Waals surface area contributed by atoms with Crippen molar-refractivity contribution >= 4 is 32.7 Å². The number of benzene rings is 1. The van der Waals surface area contributed by atoms with E-state index in [9.17, 15) is 0 Å². The molecule has 1 N–H and O–H groups in total. The summed E-state index contributed by atoms with van der Waals surface area (Å²) in [7, 11) is 1.96. The van der Waals surface area contributed by atoms with Crippen LogP contribution in [0.25, 0.3) is 10.9 Å². The van der Waals surface area contributed by atoms with E-state index in [4.69, 9.17) is 0 Å². The van der Waals surface area contributed by atoms with E-state index in [0.29, 0.717) is 6.04 Å². The molecule has 0 fully saturated rings. The van der Waals surface area contributed by atoms with Gasteiger partial charge in [0.25, 0.3) is 0 Å². The normalized spacial score (nSPS) is 11.3. The predicted octanol–water partition coefficient (Wildman–Crippen LogP) is 3.16. The maximum Gasteiger partial charge on any atom is 0.156 e. The van der Waals surface area contributed by atoms with E-state index < -0.39 is 0 Å². The van der Waals surface area contributed by atoms with Gasteiger partial charge in [-0.2, -0.15) is 5.10 Å². The Morgan fingerprint density at radius 1 is 1.40 bits per heavy atom. The minimum absolute atomic E-state index is 0.395. The molecule has 1 aromatic carbocycles. The lowest BCUT2D eigenvalue weighted by molar-refractivity contribution is 0.786. The van der Waals surface area contributed by atoms with Gasteiger partial charge in [-0.3, -0.25) is 4.68 Å². The first-order valence-corrected chi connectivity index (χ1v) is 5.76. The zero-order valence-corrected chi connectivity index (χ0v) is 10.7. The number of hydrogen-bond donors (Lipinski definition) is 1. The van der Waals surface area contributed by atoms with E-state index in [0.717, 1.165) is 21.2 Å². The summed E-state index contributed by atoms with van der Waals surface area (Å²) >= 11 is 3.47. The summed E-state index contributed by atoms with van der Waals surface area (Å²) < 4.78 is 2.97. The Bertz CT molecular complexity index is 488. The van der Waals surface area contributed by atoms with Crippen LogP contribution in [0, 0.1) is 0 Å². The lowest BCUT2D eigenvalue weighted by Gasteiger charge is -2.06. The Morgan fingerprint density at radius 3 is 2.80 bits per heavy atom. The van der Waals surface area contributed by atoms with Crippen molar-refractivity contribution in [2.24, 2.45) is 7.05 Å². The van der Waals surface area contributed by atoms with Gasteiger partial charge in [-0.1, -0.05) is 15.9 Å². The predicted molar refractivity (Wildman–Crippen MR) is 67.2 cm³/mol. The number of rotatable bonds is 2. The van der Waals surface area contributed by atoms with Gasteiger partial charge in [0.1, 0.15) is 0 Å². The molecule has 0 saturated carbocycles. The van der Waals surface area contributed by atoms with Crippen LogP contribution in [0.2, 0.25) is 0 Å². The Kier molecular flexibility index (Phi) is 2.69. The number of nitrogens with one attached hydrogen (secondary N) is 1. The molecule has 0 aliphatic carbocycles. The van der Waals surface area contributed by atoms with Crippen LogP contribution < -0.4 is 5.32 Å². The quantitative estimate of drug-likeness (QED) is 0.906. The van der Waals surface area contributed by atoms with Crippen LogP contribution in [0.3, 0.4) is 0 Å². The molecule has 0 spiro atoms. The summed E-state index contributed by atoms with van der Waals surface area (Å²) in [6, 6.07) is 6.59. The highest BCUT2D eigenvalue weighted by atomic mass is 79.9. The molecular formula is C11H14BrN3. The van der Waals surface area contributed by atoms with E-state index in [-0.39, 0.29) is 0 Å². The topological polar surface area (TPSA) is 29.9 Å². The first kappa shape index (κ1) is 10.5. The third-order valence-corrected chi connectivity index (χ3v) is 2.73. The van der Waals surface area contributed by atoms with Crippen LogP contribution in [-0.2, 0) is 7.05 Å². The highest BCUT2D eigenvalue weighted by Gasteiger charge is 2.08. The fourth-order valence-corrected chi connectivity index (χ4v) is 1.96. The Labute approximate surface area is 97.6 Å². The second kappa shape index (κ2) is 3.85. The fraction of sp³-hybridized carbons (Fsp3) is 0.364. The molecular weight excluding hydrogens is 254 g/mol. The van der Waals surface area contributed by atoms with Crippen molar-refractivity contribution in [2.45, 2.75) is 19.9 Å². The Hall–Kier alpha value is -1.03. The molecule has 4 heteroatoms. The third kappa shape index (κ3) is 2.00. The molecule has 0 bridgehead atoms. The van der Waals surface area contributed by atoms with Crippen molar-refractivity contribution in [1.82, 2.24) is 9.78 Å². The van der Waals surface area contributed by atoms with Crippen LogP contribution >= 0.6 is 15.9 Å². The SMILES string of the molecule is CC(C)Nc1nn(C)c2cc(Br)ccc12. The van der Waals surface area contributed by atoms with Gasteiger partial charge in [-0.05, 0) is 32.0 Å². The summed E-state index contributed by atoms with van der Waals surface area (Å²) in [6.45, 7) is 4.22. The molecule has 0 aliphatic rings. The van der Waals surface area contributed by atoms with Crippen LogP contribution in [0.1, 0.15) is 13.8 Å². The monoisotopic (exact) mass is 267 g/mol. The summed E-state index contributed by atoms with van der Waals surface area (Å²) in [5.74, 6) is 0.954. The first-order chi connectivity index (χ1) is 7.08. The van der Waals surface area contributed by atoms with E-state index in [1.807, 2.05) is 17.8 Å². The number of halogens is 1. The Morgan fingerprint density at radius 2 is 2.13 bits per heavy atom. The molecule has 2 rings (SSSR count). The maximum absolute atomic E-state index is 4.46. The average Bonchev–Trinajstić information content (AvgIpc) is 2.42. The number of hydrogen-bond acceptors (Lipinski definition) is 2. The zero-order chi connectivity index (χ0) is 11.0. The highest BCUT2D eigenvalue weighted by molar-refractivity contribution is 9.10. The van der Waals surface area contributed by atoms with Crippen molar-refractivity contribution in [3.8, 4) is 0 Å². The number of aromatic nitrogens is 2. The van der Waals surface area contributed by atoms with Crippen molar-refractivity contribution in [3.63, 3.8) is 0 Å². The van der Waals surface area contributed by atoms with Gasteiger partial charge >= 0.3 is 0 Å². The smallest absolute Gasteiger partial charge is 0.156 e. The molecule has 0 aliphatic heterocycles. The number of nitrogens with zero attached hydrogens (tertiary/aromatic N) is 2. The summed E-state index contributed by atoms with van der Waals surface area (Å²) in [6.07, 6.45) is 0. The van der Waals surface area contributed by atoms with Gasteiger partial charge in [0.15, 0.2) is 5.82 Å². The lowest BCUT2D eigenvalue weighted by atomic mass is 10.2. The second-order valence-electron chi connectivity index (χ2n) is 3.93. The van der Waals surface area contributed by atoms with Crippen LogP contribution in [0.15, 0.2) is 22.7 Å². The molecule has 1 heterocycles. The fourth-order valence-electron chi connectivity index (χ4n) is 1.61. The first-order valence-electron chi connectivity index (χ1n) is 4.96. The van der Waals surface area contributed by atoms with Crippen molar-refractivity contribution in [2.75, 3.05) is 5.32 Å². The molecule has 80 valence electrons. The van der Waals surface area contributed by atoms with Gasteiger partial charge < -0.3 is 5.32 Å². The van der Waals surface area contributed by atoms with Gasteiger partial charge in [0.05, 0.1) is 5.52 Å². The number of anilines is 1. The van der Waals surface area contributed by atoms with Gasteiger partial charge in [-0.15, -0.1) is 0 Å². The van der Waals surface area contributed by atoms with E-state index in [1.54, 1.807) is 0 Å². The molecule has 0 saturated heterocycles. The highest BCUT2D eigenvalue weighted by Crippen LogP contribution is 2.25. The molecule has 0 unspecified atom stereocenters. The standard InChI is InChI=1S/C11H14BrN3/c1-7(2)13-11-9-5-4-8(12)6-10(9)15(3)14-11/h4-7H,1-3H3,(H,13,14). The van der Waals surface area contributed by atoms with Crippen LogP contribution in [-0.4, -0.2) is 15.8 Å². The van der Waals surface area contributed by atoms with Gasteiger partial charge in [0, 0.05) is 22.9 Å². The average molecular weight is 268 g/mol. The summed E-state index contributed by atoms with van der Waals surface area (Å²) in [5, 5.41) is 8.96. The summed E-state index contributed by atoms with van der Waals surface area (Å²) in [4.78, 5) is 0. The third-order valence-electron chi connectivity index (χ3n) is 2.24. The molecule has 3 nitrogen and oxygen atoms in total. The molecule has 0 amide bonds. The van der Waals surface area contributed by atoms with Crippen LogP contribution in [0.4, 0.5) is 5.82 Å². The van der Waals surface area contributed by atoms with Gasteiger partial charge in [-0.25, -0.2) is 0 Å². The van der Waals surface area contributed by atoms with E-state index >= 15 is 0 Å². The largest absolute Gasteiger partial charge is 0.366 e. The molecule has 15 heavy (non-hydrogen) atoms. The summed E-state index contributed by atoms with van der Waals surface area (Å²) in [5.41, 5.74) is 1.13. The molecule has 0 radical (unpaired) electrons. The van der Waals surface area contributed by atoms with Crippen LogP contribution in [0.5, 0.6) is 0 Å². The zero-order valence-electron chi connectivity index (χ0n) is 9.08. The van der Waals surface area contributed by atoms with Gasteiger partial charge in [0.2, 0.25) is 0 Å². The molecule has 1 aromatic heterocycles. The minimum Gasteiger partial charge on any atom is -0.366 e. The lowest BCUT2D eigenvalue weighted by Crippen LogP contribution is -2.10. The maximum atomic E-state index is 4.46. The van der Waals surface area contributed by atoms with Crippen molar-refractivity contribution < 1.29 is 0 Å². The minimum atomic E-state index is 0.395. The van der Waals surface area contributed by atoms with Crippen molar-refractivity contribution in [1.29, 1.82) is 0 Å². The molecule has 2 aromatic rings. The van der Waals surface area contributed by atoms with Crippen molar-refractivity contribution in [3.05, 3.63) is 22.7 Å². The number of fused-ring (bicyclic) bond motifs is 1. The number of aryl methyl sites for hydroxylation is 1. The Balaban J connectivity index is 2.57. The van der Waals surface area contributed by atoms with E-state index in [1.165, 1.54) is 0 Å².